The number of carbonyl (C=O) groups excluding carboxylic acids is 2. The van der Waals surface area contributed by atoms with E-state index in [0.29, 0.717) is 16.9 Å². The van der Waals surface area contributed by atoms with Crippen LogP contribution in [0.2, 0.25) is 0 Å². The van der Waals surface area contributed by atoms with Crippen LogP contribution in [0, 0.1) is 0 Å². The summed E-state index contributed by atoms with van der Waals surface area (Å²) in [6.07, 6.45) is 3.58. The smallest absolute Gasteiger partial charge is 0.343 e. The summed E-state index contributed by atoms with van der Waals surface area (Å²) in [5, 5.41) is 0. The summed E-state index contributed by atoms with van der Waals surface area (Å²) in [6, 6.07) is 12.7. The third-order valence-corrected chi connectivity index (χ3v) is 5.41. The number of fused-ring (bicyclic) bond motifs is 1. The highest BCUT2D eigenvalue weighted by Gasteiger charge is 2.37. The van der Waals surface area contributed by atoms with E-state index in [2.05, 4.69) is 33.8 Å². The van der Waals surface area contributed by atoms with E-state index in [-0.39, 0.29) is 10.8 Å². The number of ether oxygens (including phenoxy) is 1. The van der Waals surface area contributed by atoms with Crippen molar-refractivity contribution in [2.24, 2.45) is 0 Å². The second kappa shape index (κ2) is 6.59. The predicted octanol–water partition coefficient (Wildman–Crippen LogP) is 5.10. The zero-order valence-corrected chi connectivity index (χ0v) is 15.8. The van der Waals surface area contributed by atoms with Gasteiger partial charge < -0.3 is 4.74 Å². The average Bonchev–Trinajstić information content (AvgIpc) is 2.60. The number of rotatable bonds is 3. The topological polar surface area (TPSA) is 43.4 Å². The fraction of sp³-hybridized carbons (Fsp3) is 0.348. The van der Waals surface area contributed by atoms with E-state index in [1.54, 1.807) is 30.2 Å². The highest BCUT2D eigenvalue weighted by Crippen LogP contribution is 2.46. The van der Waals surface area contributed by atoms with Gasteiger partial charge in [-0.25, -0.2) is 9.59 Å². The molecule has 26 heavy (non-hydrogen) atoms. The number of hydrogen-bond donors (Lipinski definition) is 0. The molecule has 0 amide bonds. The molecule has 0 spiro atoms. The van der Waals surface area contributed by atoms with E-state index in [9.17, 15) is 9.59 Å². The Balaban J connectivity index is 1.87. The molecule has 0 unspecified atom stereocenters. The van der Waals surface area contributed by atoms with Crippen molar-refractivity contribution >= 4 is 18.0 Å². The zero-order valence-electron chi connectivity index (χ0n) is 15.8. The number of benzene rings is 2. The molecular formula is C23H24O3. The summed E-state index contributed by atoms with van der Waals surface area (Å²) in [4.78, 5) is 22.8. The van der Waals surface area contributed by atoms with Crippen LogP contribution in [0.1, 0.15) is 67.6 Å². The average molecular weight is 348 g/mol. The van der Waals surface area contributed by atoms with Gasteiger partial charge in [-0.05, 0) is 64.6 Å². The first kappa shape index (κ1) is 18.2. The van der Waals surface area contributed by atoms with Crippen molar-refractivity contribution in [3.63, 3.8) is 0 Å². The first-order valence-corrected chi connectivity index (χ1v) is 8.91. The SMILES string of the molecule is CC1(C)CCC(C)(C)c2cc(OC(=O)c3ccc(C=C=O)cc3)ccc21. The molecule has 2 aromatic rings. The molecule has 1 aliphatic rings. The molecule has 0 bridgehead atoms. The molecule has 0 saturated heterocycles. The monoisotopic (exact) mass is 348 g/mol. The predicted molar refractivity (Wildman–Crippen MR) is 103 cm³/mol. The molecule has 0 aromatic heterocycles. The van der Waals surface area contributed by atoms with E-state index in [1.165, 1.54) is 17.2 Å². The maximum Gasteiger partial charge on any atom is 0.343 e. The molecule has 1 aliphatic carbocycles. The lowest BCUT2D eigenvalue weighted by Gasteiger charge is -2.41. The normalized spacial score (nSPS) is 16.9. The molecule has 0 aliphatic heterocycles. The molecule has 0 N–H and O–H groups in total. The van der Waals surface area contributed by atoms with E-state index in [4.69, 9.17) is 4.74 Å². The van der Waals surface area contributed by atoms with E-state index in [1.807, 2.05) is 12.1 Å². The molecule has 134 valence electrons. The first-order valence-electron chi connectivity index (χ1n) is 8.91. The summed E-state index contributed by atoms with van der Waals surface area (Å²) in [5.74, 6) is 1.89. The standard InChI is InChI=1S/C23H24O3/c1-22(2)12-13-23(3,4)20-15-18(9-10-19(20)22)26-21(25)17-7-5-16(6-8-17)11-14-24/h5-11,15H,12-13H2,1-4H3. The Bertz CT molecular complexity index is 882. The van der Waals surface area contributed by atoms with Crippen LogP contribution >= 0.6 is 0 Å². The van der Waals surface area contributed by atoms with Gasteiger partial charge in [0.15, 0.2) is 0 Å². The van der Waals surface area contributed by atoms with Crippen LogP contribution < -0.4 is 4.74 Å². The Morgan fingerprint density at radius 3 is 2.19 bits per heavy atom. The molecule has 0 heterocycles. The first-order chi connectivity index (χ1) is 12.2. The maximum absolute atomic E-state index is 12.4. The number of esters is 1. The van der Waals surface area contributed by atoms with E-state index in [0.717, 1.165) is 12.8 Å². The molecule has 0 saturated carbocycles. The second-order valence-corrected chi connectivity index (χ2v) is 8.25. The Hall–Kier alpha value is -2.64. The van der Waals surface area contributed by atoms with Gasteiger partial charge in [-0.15, -0.1) is 0 Å². The van der Waals surface area contributed by atoms with Crippen LogP contribution in [0.15, 0.2) is 42.5 Å². The molecule has 3 rings (SSSR count). The van der Waals surface area contributed by atoms with Gasteiger partial charge in [0, 0.05) is 6.08 Å². The highest BCUT2D eigenvalue weighted by atomic mass is 16.5. The van der Waals surface area contributed by atoms with Crippen LogP contribution in [0.25, 0.3) is 6.08 Å². The quantitative estimate of drug-likeness (QED) is 0.440. The van der Waals surface area contributed by atoms with Crippen molar-refractivity contribution in [2.75, 3.05) is 0 Å². The Morgan fingerprint density at radius 1 is 0.962 bits per heavy atom. The molecule has 3 heteroatoms. The van der Waals surface area contributed by atoms with Crippen LogP contribution in [0.4, 0.5) is 0 Å². The molecular weight excluding hydrogens is 324 g/mol. The zero-order chi connectivity index (χ0) is 18.9. The second-order valence-electron chi connectivity index (χ2n) is 8.25. The van der Waals surface area contributed by atoms with Crippen molar-refractivity contribution < 1.29 is 14.3 Å². The molecule has 0 fully saturated rings. The van der Waals surface area contributed by atoms with Crippen molar-refractivity contribution in [1.29, 1.82) is 0 Å². The van der Waals surface area contributed by atoms with E-state index >= 15 is 0 Å². The van der Waals surface area contributed by atoms with Gasteiger partial charge in [-0.3, -0.25) is 0 Å². The van der Waals surface area contributed by atoms with Crippen molar-refractivity contribution in [3.8, 4) is 5.75 Å². The fourth-order valence-electron chi connectivity index (χ4n) is 3.58. The Kier molecular flexibility index (Phi) is 4.60. The Morgan fingerprint density at radius 2 is 1.58 bits per heavy atom. The minimum absolute atomic E-state index is 0.0656. The fourth-order valence-corrected chi connectivity index (χ4v) is 3.58. The highest BCUT2D eigenvalue weighted by molar-refractivity contribution is 5.91. The van der Waals surface area contributed by atoms with Crippen LogP contribution in [0.3, 0.4) is 0 Å². The van der Waals surface area contributed by atoms with Gasteiger partial charge in [0.2, 0.25) is 0 Å². The third kappa shape index (κ3) is 3.49. The van der Waals surface area contributed by atoms with Gasteiger partial charge in [-0.2, -0.15) is 0 Å². The van der Waals surface area contributed by atoms with Crippen LogP contribution in [-0.4, -0.2) is 11.9 Å². The Labute approximate surface area is 154 Å². The van der Waals surface area contributed by atoms with E-state index < -0.39 is 5.97 Å². The molecule has 0 radical (unpaired) electrons. The lowest BCUT2D eigenvalue weighted by atomic mass is 9.63. The minimum Gasteiger partial charge on any atom is -0.423 e. The lowest BCUT2D eigenvalue weighted by Crippen LogP contribution is -2.33. The summed E-state index contributed by atoms with van der Waals surface area (Å²) in [6.45, 7) is 9.02. The lowest BCUT2D eigenvalue weighted by molar-refractivity contribution is 0.0734. The van der Waals surface area contributed by atoms with Crippen LogP contribution in [0.5, 0.6) is 5.75 Å². The molecule has 0 atom stereocenters. The van der Waals surface area contributed by atoms with Gasteiger partial charge in [0.1, 0.15) is 11.7 Å². The molecule has 2 aromatic carbocycles. The third-order valence-electron chi connectivity index (χ3n) is 5.41. The summed E-state index contributed by atoms with van der Waals surface area (Å²) in [7, 11) is 0. The summed E-state index contributed by atoms with van der Waals surface area (Å²) >= 11 is 0. The summed E-state index contributed by atoms with van der Waals surface area (Å²) in [5.41, 5.74) is 3.94. The van der Waals surface area contributed by atoms with Gasteiger partial charge >= 0.3 is 5.97 Å². The number of carbonyl (C=O) groups is 1. The van der Waals surface area contributed by atoms with Gasteiger partial charge in [0.05, 0.1) is 5.56 Å². The largest absolute Gasteiger partial charge is 0.423 e. The minimum atomic E-state index is -0.403. The maximum atomic E-state index is 12.4. The molecule has 3 nitrogen and oxygen atoms in total. The number of hydrogen-bond acceptors (Lipinski definition) is 3. The van der Waals surface area contributed by atoms with Gasteiger partial charge in [0.25, 0.3) is 0 Å². The van der Waals surface area contributed by atoms with Gasteiger partial charge in [-0.1, -0.05) is 45.9 Å². The van der Waals surface area contributed by atoms with Crippen LogP contribution in [-0.2, 0) is 15.6 Å². The van der Waals surface area contributed by atoms with Crippen molar-refractivity contribution in [1.82, 2.24) is 0 Å². The van der Waals surface area contributed by atoms with Crippen molar-refractivity contribution in [2.45, 2.75) is 51.4 Å². The van der Waals surface area contributed by atoms with Crippen molar-refractivity contribution in [3.05, 3.63) is 64.7 Å². The summed E-state index contributed by atoms with van der Waals surface area (Å²) < 4.78 is 5.60.